The van der Waals surface area contributed by atoms with Crippen molar-refractivity contribution < 1.29 is 9.00 Å². The van der Waals surface area contributed by atoms with Crippen LogP contribution in [0, 0.1) is 0 Å². The number of amides is 1. The summed E-state index contributed by atoms with van der Waals surface area (Å²) in [5.74, 6) is -0.244. The average Bonchev–Trinajstić information content (AvgIpc) is 1.81. The van der Waals surface area contributed by atoms with E-state index in [9.17, 15) is 9.00 Å². The molecule has 0 rings (SSSR count). The predicted molar refractivity (Wildman–Crippen MR) is 55.2 cm³/mol. The summed E-state index contributed by atoms with van der Waals surface area (Å²) < 4.78 is 15.1. The maximum atomic E-state index is 11.4. The monoisotopic (exact) mass is 206 g/mol. The molecule has 0 aliphatic heterocycles. The fraction of sp³-hybridized carbons (Fsp3) is 0.875. The van der Waals surface area contributed by atoms with Gasteiger partial charge in [-0.2, -0.15) is 0 Å². The van der Waals surface area contributed by atoms with Crippen molar-refractivity contribution in [3.8, 4) is 0 Å². The normalized spacial score (nSPS) is 16.1. The Morgan fingerprint density at radius 2 is 1.92 bits per heavy atom. The third-order valence-electron chi connectivity index (χ3n) is 1.30. The molecule has 1 amide bonds. The number of nitrogens with zero attached hydrogens (tertiary/aromatic N) is 1. The van der Waals surface area contributed by atoms with Gasteiger partial charge < -0.3 is 5.32 Å². The van der Waals surface area contributed by atoms with Crippen LogP contribution in [-0.4, -0.2) is 34.7 Å². The third-order valence-corrected chi connectivity index (χ3v) is 2.87. The summed E-state index contributed by atoms with van der Waals surface area (Å²) in [7, 11) is -0.863. The minimum absolute atomic E-state index is 0.0270. The molecule has 78 valence electrons. The molecular formula is C8H18N2O2S. The molecule has 4 nitrogen and oxygen atoms in total. The summed E-state index contributed by atoms with van der Waals surface area (Å²) in [5.41, 5.74) is -0.277. The summed E-state index contributed by atoms with van der Waals surface area (Å²) in [6, 6.07) is 0. The molecule has 0 aromatic carbocycles. The summed E-state index contributed by atoms with van der Waals surface area (Å²) >= 11 is 0. The average molecular weight is 206 g/mol. The van der Waals surface area contributed by atoms with Gasteiger partial charge in [0.2, 0.25) is 5.91 Å². The van der Waals surface area contributed by atoms with Crippen molar-refractivity contribution in [3.63, 3.8) is 0 Å². The first-order valence-electron chi connectivity index (χ1n) is 4.05. The van der Waals surface area contributed by atoms with Gasteiger partial charge in [0, 0.05) is 18.8 Å². The molecule has 13 heavy (non-hydrogen) atoms. The predicted octanol–water partition coefficient (Wildman–Crippen LogP) is 0.629. The second-order valence-electron chi connectivity index (χ2n) is 4.08. The Bertz CT molecular complexity index is 296. The quantitative estimate of drug-likeness (QED) is 0.720. The molecule has 0 aliphatic carbocycles. The molecule has 0 bridgehead atoms. The Hall–Kier alpha value is -0.580. The van der Waals surface area contributed by atoms with Gasteiger partial charge in [-0.1, -0.05) is 0 Å². The van der Waals surface area contributed by atoms with Crippen molar-refractivity contribution in [2.75, 3.05) is 19.1 Å². The van der Waals surface area contributed by atoms with E-state index in [2.05, 4.69) is 9.68 Å². The standard InChI is InChI=1S/C8H18N2O2S/c1-8(2,3)10-7(11)6-13(5,12)9-4/h6H2,1-5H3,(H,10,11). The van der Waals surface area contributed by atoms with E-state index >= 15 is 0 Å². The molecular weight excluding hydrogens is 188 g/mol. The maximum absolute atomic E-state index is 11.4. The van der Waals surface area contributed by atoms with Crippen LogP contribution >= 0.6 is 0 Å². The van der Waals surface area contributed by atoms with E-state index in [1.54, 1.807) is 0 Å². The molecule has 0 radical (unpaired) electrons. The first-order chi connectivity index (χ1) is 5.66. The Labute approximate surface area is 80.3 Å². The second-order valence-corrected chi connectivity index (χ2v) is 6.66. The minimum Gasteiger partial charge on any atom is -0.351 e. The second kappa shape index (κ2) is 4.09. The highest BCUT2D eigenvalue weighted by molar-refractivity contribution is 7.93. The van der Waals surface area contributed by atoms with Gasteiger partial charge in [-0.05, 0) is 20.8 Å². The SMILES string of the molecule is CN=S(C)(=O)CC(=O)NC(C)(C)C. The highest BCUT2D eigenvalue weighted by Crippen LogP contribution is 1.99. The third kappa shape index (κ3) is 6.57. The summed E-state index contributed by atoms with van der Waals surface area (Å²) in [5, 5.41) is 2.73. The Morgan fingerprint density at radius 3 is 2.23 bits per heavy atom. The largest absolute Gasteiger partial charge is 0.351 e. The van der Waals surface area contributed by atoms with E-state index in [0.29, 0.717) is 0 Å². The zero-order valence-electron chi connectivity index (χ0n) is 8.88. The smallest absolute Gasteiger partial charge is 0.233 e. The fourth-order valence-electron chi connectivity index (χ4n) is 0.762. The highest BCUT2D eigenvalue weighted by Gasteiger charge is 2.16. The fourth-order valence-corrected chi connectivity index (χ4v) is 1.45. The van der Waals surface area contributed by atoms with Crippen LogP contribution in [0.2, 0.25) is 0 Å². The van der Waals surface area contributed by atoms with E-state index in [1.165, 1.54) is 13.3 Å². The summed E-state index contributed by atoms with van der Waals surface area (Å²) in [6.45, 7) is 5.64. The van der Waals surface area contributed by atoms with Crippen LogP contribution in [0.25, 0.3) is 0 Å². The van der Waals surface area contributed by atoms with Crippen LogP contribution in [0.1, 0.15) is 20.8 Å². The number of nitrogens with one attached hydrogen (secondary N) is 1. The van der Waals surface area contributed by atoms with Crippen LogP contribution in [0.3, 0.4) is 0 Å². The molecule has 0 saturated heterocycles. The highest BCUT2D eigenvalue weighted by atomic mass is 32.2. The van der Waals surface area contributed by atoms with Gasteiger partial charge in [0.1, 0.15) is 5.75 Å². The van der Waals surface area contributed by atoms with Crippen molar-refractivity contribution in [2.45, 2.75) is 26.3 Å². The Morgan fingerprint density at radius 1 is 1.46 bits per heavy atom. The van der Waals surface area contributed by atoms with Crippen molar-refractivity contribution in [3.05, 3.63) is 0 Å². The van der Waals surface area contributed by atoms with E-state index in [-0.39, 0.29) is 17.2 Å². The summed E-state index contributed by atoms with van der Waals surface area (Å²) in [4.78, 5) is 11.3. The first kappa shape index (κ1) is 12.4. The number of hydrogen-bond donors (Lipinski definition) is 1. The van der Waals surface area contributed by atoms with Gasteiger partial charge in [-0.15, -0.1) is 0 Å². The van der Waals surface area contributed by atoms with Gasteiger partial charge >= 0.3 is 0 Å². The number of hydrogen-bond acceptors (Lipinski definition) is 3. The molecule has 0 aromatic heterocycles. The van der Waals surface area contributed by atoms with Gasteiger partial charge in [-0.25, -0.2) is 8.57 Å². The lowest BCUT2D eigenvalue weighted by Crippen LogP contribution is -2.43. The van der Waals surface area contributed by atoms with Crippen molar-refractivity contribution in [2.24, 2.45) is 4.36 Å². The number of rotatable bonds is 2. The van der Waals surface area contributed by atoms with Gasteiger partial charge in [0.25, 0.3) is 0 Å². The zero-order chi connectivity index (χ0) is 10.7. The van der Waals surface area contributed by atoms with Crippen LogP contribution < -0.4 is 5.32 Å². The minimum atomic E-state index is -2.33. The molecule has 0 aliphatic rings. The lowest BCUT2D eigenvalue weighted by molar-refractivity contribution is -0.119. The lowest BCUT2D eigenvalue weighted by Gasteiger charge is -2.20. The maximum Gasteiger partial charge on any atom is 0.233 e. The van der Waals surface area contributed by atoms with Crippen molar-refractivity contribution in [1.29, 1.82) is 0 Å². The number of carbonyl (C=O) groups excluding carboxylic acids is 1. The van der Waals surface area contributed by atoms with Gasteiger partial charge in [0.05, 0.1) is 9.73 Å². The van der Waals surface area contributed by atoms with E-state index < -0.39 is 9.73 Å². The molecule has 0 spiro atoms. The number of carbonyl (C=O) groups is 1. The Kier molecular flexibility index (Phi) is 3.90. The van der Waals surface area contributed by atoms with Crippen LogP contribution in [0.5, 0.6) is 0 Å². The molecule has 5 heteroatoms. The zero-order valence-corrected chi connectivity index (χ0v) is 9.70. The van der Waals surface area contributed by atoms with Crippen molar-refractivity contribution >= 4 is 15.6 Å². The Balaban J connectivity index is 4.28. The molecule has 0 saturated carbocycles. The van der Waals surface area contributed by atoms with Crippen LogP contribution in [0.4, 0.5) is 0 Å². The van der Waals surface area contributed by atoms with E-state index in [1.807, 2.05) is 20.8 Å². The van der Waals surface area contributed by atoms with E-state index in [4.69, 9.17) is 0 Å². The van der Waals surface area contributed by atoms with Crippen molar-refractivity contribution in [1.82, 2.24) is 5.32 Å². The van der Waals surface area contributed by atoms with Crippen LogP contribution in [-0.2, 0) is 14.5 Å². The molecule has 1 atom stereocenters. The lowest BCUT2D eigenvalue weighted by atomic mass is 10.1. The molecule has 0 heterocycles. The van der Waals surface area contributed by atoms with E-state index in [0.717, 1.165) is 0 Å². The van der Waals surface area contributed by atoms with Gasteiger partial charge in [-0.3, -0.25) is 4.79 Å². The summed E-state index contributed by atoms with van der Waals surface area (Å²) in [6.07, 6.45) is 1.48. The topological polar surface area (TPSA) is 58.5 Å². The molecule has 0 aromatic rings. The molecule has 1 unspecified atom stereocenters. The first-order valence-corrected chi connectivity index (χ1v) is 6.14. The van der Waals surface area contributed by atoms with Crippen LogP contribution in [0.15, 0.2) is 4.36 Å². The molecule has 1 N–H and O–H groups in total. The van der Waals surface area contributed by atoms with Gasteiger partial charge in [0.15, 0.2) is 0 Å². The molecule has 0 fully saturated rings.